The van der Waals surface area contributed by atoms with Gasteiger partial charge in [-0.3, -0.25) is 4.90 Å². The second kappa shape index (κ2) is 5.27. The predicted molar refractivity (Wildman–Crippen MR) is 75.6 cm³/mol. The van der Waals surface area contributed by atoms with Crippen LogP contribution in [0.15, 0.2) is 5.38 Å². The lowest BCUT2D eigenvalue weighted by Crippen LogP contribution is -2.31. The number of thiazole rings is 1. The van der Waals surface area contributed by atoms with Crippen LogP contribution in [-0.2, 0) is 13.1 Å². The fourth-order valence-electron chi connectivity index (χ4n) is 3.22. The molecule has 2 aliphatic rings. The standard InChI is InChI=1S/C14H23N3S/c1-10(2)15-6-14-16-12(9-18-14)8-17-7-11-3-4-13(17)5-11/h9-11,13,15H,3-8H2,1-2H3. The SMILES string of the molecule is CC(C)NCc1nc(CN2CC3CCC2C3)cs1. The fourth-order valence-corrected chi connectivity index (χ4v) is 3.96. The molecule has 2 heterocycles. The second-order valence-electron chi connectivity index (χ2n) is 6.03. The number of nitrogens with zero attached hydrogens (tertiary/aromatic N) is 2. The van der Waals surface area contributed by atoms with Crippen LogP contribution in [-0.4, -0.2) is 28.5 Å². The summed E-state index contributed by atoms with van der Waals surface area (Å²) in [5.41, 5.74) is 1.27. The lowest BCUT2D eigenvalue weighted by molar-refractivity contribution is 0.203. The van der Waals surface area contributed by atoms with Crippen molar-refractivity contribution < 1.29 is 0 Å². The Hall–Kier alpha value is -0.450. The molecule has 2 atom stereocenters. The monoisotopic (exact) mass is 265 g/mol. The lowest BCUT2D eigenvalue weighted by Gasteiger charge is -2.25. The molecule has 0 radical (unpaired) electrons. The van der Waals surface area contributed by atoms with Gasteiger partial charge in [-0.25, -0.2) is 4.98 Å². The van der Waals surface area contributed by atoms with E-state index in [-0.39, 0.29) is 0 Å². The van der Waals surface area contributed by atoms with Gasteiger partial charge >= 0.3 is 0 Å². The molecular weight excluding hydrogens is 242 g/mol. The van der Waals surface area contributed by atoms with E-state index in [1.54, 1.807) is 11.3 Å². The molecule has 1 aromatic heterocycles. The molecule has 0 aromatic carbocycles. The molecule has 3 rings (SSSR count). The van der Waals surface area contributed by atoms with Gasteiger partial charge in [-0.05, 0) is 25.2 Å². The lowest BCUT2D eigenvalue weighted by atomic mass is 10.1. The zero-order valence-corrected chi connectivity index (χ0v) is 12.2. The Morgan fingerprint density at radius 1 is 1.50 bits per heavy atom. The van der Waals surface area contributed by atoms with Gasteiger partial charge in [-0.2, -0.15) is 0 Å². The number of hydrogen-bond donors (Lipinski definition) is 1. The normalized spacial score (nSPS) is 27.5. The minimum absolute atomic E-state index is 0.534. The maximum Gasteiger partial charge on any atom is 0.107 e. The summed E-state index contributed by atoms with van der Waals surface area (Å²) in [6.45, 7) is 7.64. The van der Waals surface area contributed by atoms with Crippen LogP contribution in [0.2, 0.25) is 0 Å². The van der Waals surface area contributed by atoms with E-state index in [0.29, 0.717) is 6.04 Å². The summed E-state index contributed by atoms with van der Waals surface area (Å²) in [5.74, 6) is 0.982. The third kappa shape index (κ3) is 2.76. The third-order valence-corrected chi connectivity index (χ3v) is 5.05. The molecule has 0 spiro atoms. The number of fused-ring (bicyclic) bond motifs is 2. The van der Waals surface area contributed by atoms with Gasteiger partial charge in [0.15, 0.2) is 0 Å². The maximum absolute atomic E-state index is 4.74. The number of hydrogen-bond acceptors (Lipinski definition) is 4. The Morgan fingerprint density at radius 2 is 2.39 bits per heavy atom. The minimum atomic E-state index is 0.534. The van der Waals surface area contributed by atoms with Crippen molar-refractivity contribution in [3.8, 4) is 0 Å². The molecule has 1 aliphatic carbocycles. The quantitative estimate of drug-likeness (QED) is 0.887. The largest absolute Gasteiger partial charge is 0.308 e. The molecule has 2 fully saturated rings. The van der Waals surface area contributed by atoms with E-state index in [0.717, 1.165) is 25.0 Å². The highest BCUT2D eigenvalue weighted by molar-refractivity contribution is 7.09. The average Bonchev–Trinajstić information content (AvgIpc) is 3.02. The van der Waals surface area contributed by atoms with Gasteiger partial charge in [0, 0.05) is 37.1 Å². The number of aromatic nitrogens is 1. The molecule has 2 unspecified atom stereocenters. The van der Waals surface area contributed by atoms with Crippen molar-refractivity contribution in [1.29, 1.82) is 0 Å². The summed E-state index contributed by atoms with van der Waals surface area (Å²) in [4.78, 5) is 7.39. The average molecular weight is 265 g/mol. The third-order valence-electron chi connectivity index (χ3n) is 4.15. The summed E-state index contributed by atoms with van der Waals surface area (Å²) < 4.78 is 0. The number of rotatable bonds is 5. The smallest absolute Gasteiger partial charge is 0.107 e. The fraction of sp³-hybridized carbons (Fsp3) is 0.786. The molecule has 1 N–H and O–H groups in total. The van der Waals surface area contributed by atoms with Crippen LogP contribution in [0, 0.1) is 5.92 Å². The van der Waals surface area contributed by atoms with E-state index in [4.69, 9.17) is 4.98 Å². The van der Waals surface area contributed by atoms with Crippen molar-refractivity contribution in [3.63, 3.8) is 0 Å². The van der Waals surface area contributed by atoms with Gasteiger partial charge < -0.3 is 5.32 Å². The van der Waals surface area contributed by atoms with Crippen LogP contribution >= 0.6 is 11.3 Å². The highest BCUT2D eigenvalue weighted by atomic mass is 32.1. The molecule has 1 saturated heterocycles. The molecule has 2 bridgehead atoms. The van der Waals surface area contributed by atoms with Crippen molar-refractivity contribution in [2.75, 3.05) is 6.54 Å². The van der Waals surface area contributed by atoms with E-state index in [1.165, 1.54) is 36.5 Å². The van der Waals surface area contributed by atoms with E-state index in [2.05, 4.69) is 29.4 Å². The van der Waals surface area contributed by atoms with E-state index >= 15 is 0 Å². The molecular formula is C14H23N3S. The molecule has 3 nitrogen and oxygen atoms in total. The summed E-state index contributed by atoms with van der Waals surface area (Å²) in [5, 5.41) is 6.89. The van der Waals surface area contributed by atoms with E-state index < -0.39 is 0 Å². The van der Waals surface area contributed by atoms with Crippen LogP contribution in [0.5, 0.6) is 0 Å². The van der Waals surface area contributed by atoms with Crippen molar-refractivity contribution in [1.82, 2.24) is 15.2 Å². The predicted octanol–water partition coefficient (Wildman–Crippen LogP) is 2.63. The summed E-state index contributed by atoms with van der Waals surface area (Å²) in [6, 6.07) is 1.39. The van der Waals surface area contributed by atoms with Crippen LogP contribution in [0.1, 0.15) is 43.8 Å². The first-order valence-corrected chi connectivity index (χ1v) is 7.99. The molecule has 1 saturated carbocycles. The van der Waals surface area contributed by atoms with Crippen molar-refractivity contribution >= 4 is 11.3 Å². The summed E-state index contributed by atoms with van der Waals surface area (Å²) in [7, 11) is 0. The van der Waals surface area contributed by atoms with Gasteiger partial charge in [-0.15, -0.1) is 11.3 Å². The maximum atomic E-state index is 4.74. The van der Waals surface area contributed by atoms with Crippen molar-refractivity contribution in [2.24, 2.45) is 5.92 Å². The van der Waals surface area contributed by atoms with Gasteiger partial charge in [0.2, 0.25) is 0 Å². The molecule has 1 aromatic rings. The number of nitrogens with one attached hydrogen (secondary N) is 1. The van der Waals surface area contributed by atoms with Crippen LogP contribution in [0.4, 0.5) is 0 Å². The Balaban J connectivity index is 1.54. The second-order valence-corrected chi connectivity index (χ2v) is 6.97. The molecule has 1 aliphatic heterocycles. The highest BCUT2D eigenvalue weighted by Gasteiger charge is 2.37. The van der Waals surface area contributed by atoms with Crippen molar-refractivity contribution in [2.45, 2.75) is 58.3 Å². The van der Waals surface area contributed by atoms with E-state index in [1.807, 2.05) is 0 Å². The van der Waals surface area contributed by atoms with E-state index in [9.17, 15) is 0 Å². The topological polar surface area (TPSA) is 28.2 Å². The number of likely N-dealkylation sites (tertiary alicyclic amines) is 1. The number of piperidine rings is 1. The first kappa shape index (κ1) is 12.6. The minimum Gasteiger partial charge on any atom is -0.308 e. The zero-order valence-electron chi connectivity index (χ0n) is 11.4. The first-order valence-electron chi connectivity index (χ1n) is 7.11. The highest BCUT2D eigenvalue weighted by Crippen LogP contribution is 2.38. The molecule has 18 heavy (non-hydrogen) atoms. The van der Waals surface area contributed by atoms with Crippen LogP contribution < -0.4 is 5.32 Å². The van der Waals surface area contributed by atoms with Gasteiger partial charge in [0.05, 0.1) is 5.69 Å². The van der Waals surface area contributed by atoms with Gasteiger partial charge in [-0.1, -0.05) is 13.8 Å². The first-order chi connectivity index (χ1) is 8.70. The van der Waals surface area contributed by atoms with Gasteiger partial charge in [0.25, 0.3) is 0 Å². The Labute approximate surface area is 114 Å². The zero-order chi connectivity index (χ0) is 12.5. The van der Waals surface area contributed by atoms with Crippen molar-refractivity contribution in [3.05, 3.63) is 16.1 Å². The van der Waals surface area contributed by atoms with Crippen LogP contribution in [0.3, 0.4) is 0 Å². The van der Waals surface area contributed by atoms with Crippen LogP contribution in [0.25, 0.3) is 0 Å². The Morgan fingerprint density at radius 3 is 3.06 bits per heavy atom. The molecule has 4 heteroatoms. The molecule has 0 amide bonds. The molecule has 100 valence electrons. The Bertz CT molecular complexity index is 401. The Kier molecular flexibility index (Phi) is 3.68. The summed E-state index contributed by atoms with van der Waals surface area (Å²) in [6.07, 6.45) is 4.31. The van der Waals surface area contributed by atoms with Gasteiger partial charge in [0.1, 0.15) is 5.01 Å². The summed E-state index contributed by atoms with van der Waals surface area (Å²) >= 11 is 1.79.